The summed E-state index contributed by atoms with van der Waals surface area (Å²) in [4.78, 5) is 15.6. The number of hydrogen-bond acceptors (Lipinski definition) is 4. The molecule has 0 bridgehead atoms. The maximum absolute atomic E-state index is 11.2. The summed E-state index contributed by atoms with van der Waals surface area (Å²) >= 11 is 0. The second-order valence-electron chi connectivity index (χ2n) is 5.51. The third kappa shape index (κ3) is 2.45. The Labute approximate surface area is 117 Å². The third-order valence-corrected chi connectivity index (χ3v) is 3.60. The molecule has 6 nitrogen and oxygen atoms in total. The van der Waals surface area contributed by atoms with Crippen molar-refractivity contribution in [2.24, 2.45) is 0 Å². The lowest BCUT2D eigenvalue weighted by Crippen LogP contribution is -2.32. The molecule has 6 heteroatoms. The number of carbonyl (C=O) groups is 1. The van der Waals surface area contributed by atoms with Crippen LogP contribution in [0.15, 0.2) is 18.5 Å². The van der Waals surface area contributed by atoms with E-state index in [1.807, 2.05) is 10.7 Å². The van der Waals surface area contributed by atoms with E-state index in [1.165, 1.54) is 0 Å². The molecule has 2 aromatic rings. The van der Waals surface area contributed by atoms with E-state index in [4.69, 9.17) is 0 Å². The topological polar surface area (TPSA) is 71.3 Å². The molecule has 0 aromatic carbocycles. The van der Waals surface area contributed by atoms with Crippen molar-refractivity contribution in [3.63, 3.8) is 0 Å². The molecule has 1 amide bonds. The molecule has 106 valence electrons. The van der Waals surface area contributed by atoms with Crippen LogP contribution >= 0.6 is 0 Å². The SMILES string of the molecule is CC(C)c1cc2c(NCC3CCC(=O)N3)nccn2n1. The summed E-state index contributed by atoms with van der Waals surface area (Å²) in [6.45, 7) is 4.94. The summed E-state index contributed by atoms with van der Waals surface area (Å²) in [7, 11) is 0. The Morgan fingerprint density at radius 3 is 3.10 bits per heavy atom. The highest BCUT2D eigenvalue weighted by atomic mass is 16.1. The highest BCUT2D eigenvalue weighted by molar-refractivity contribution is 5.78. The number of hydrogen-bond donors (Lipinski definition) is 2. The summed E-state index contributed by atoms with van der Waals surface area (Å²) in [5, 5.41) is 10.8. The molecule has 0 saturated carbocycles. The first-order valence-electron chi connectivity index (χ1n) is 7.01. The van der Waals surface area contributed by atoms with Gasteiger partial charge in [0, 0.05) is 31.4 Å². The normalized spacial score (nSPS) is 18.8. The van der Waals surface area contributed by atoms with Gasteiger partial charge in [0.15, 0.2) is 5.82 Å². The maximum atomic E-state index is 11.2. The summed E-state index contributed by atoms with van der Waals surface area (Å²) in [5.74, 6) is 1.33. The Morgan fingerprint density at radius 2 is 2.40 bits per heavy atom. The van der Waals surface area contributed by atoms with Gasteiger partial charge in [0.25, 0.3) is 0 Å². The van der Waals surface area contributed by atoms with E-state index >= 15 is 0 Å². The van der Waals surface area contributed by atoms with Gasteiger partial charge < -0.3 is 10.6 Å². The number of fused-ring (bicyclic) bond motifs is 1. The lowest BCUT2D eigenvalue weighted by Gasteiger charge is -2.12. The lowest BCUT2D eigenvalue weighted by atomic mass is 10.1. The van der Waals surface area contributed by atoms with Crippen molar-refractivity contribution >= 4 is 17.2 Å². The van der Waals surface area contributed by atoms with Crippen molar-refractivity contribution in [1.82, 2.24) is 19.9 Å². The zero-order valence-electron chi connectivity index (χ0n) is 11.8. The summed E-state index contributed by atoms with van der Waals surface area (Å²) < 4.78 is 1.85. The van der Waals surface area contributed by atoms with Gasteiger partial charge in [0.1, 0.15) is 5.52 Å². The highest BCUT2D eigenvalue weighted by Gasteiger charge is 2.20. The van der Waals surface area contributed by atoms with Crippen LogP contribution in [0.25, 0.3) is 5.52 Å². The molecule has 1 atom stereocenters. The van der Waals surface area contributed by atoms with Gasteiger partial charge in [-0.25, -0.2) is 9.50 Å². The number of nitrogens with one attached hydrogen (secondary N) is 2. The molecular formula is C14H19N5O. The molecular weight excluding hydrogens is 254 g/mol. The molecule has 0 aliphatic carbocycles. The van der Waals surface area contributed by atoms with Gasteiger partial charge in [-0.2, -0.15) is 5.10 Å². The van der Waals surface area contributed by atoms with Gasteiger partial charge in [-0.1, -0.05) is 13.8 Å². The van der Waals surface area contributed by atoms with E-state index in [1.54, 1.807) is 6.20 Å². The van der Waals surface area contributed by atoms with Crippen LogP contribution < -0.4 is 10.6 Å². The number of carbonyl (C=O) groups excluding carboxylic acids is 1. The summed E-state index contributed by atoms with van der Waals surface area (Å²) in [6.07, 6.45) is 5.09. The average molecular weight is 273 g/mol. The molecule has 1 fully saturated rings. The molecule has 2 aromatic heterocycles. The molecule has 20 heavy (non-hydrogen) atoms. The lowest BCUT2D eigenvalue weighted by molar-refractivity contribution is -0.119. The van der Waals surface area contributed by atoms with Gasteiger partial charge in [-0.05, 0) is 18.4 Å². The van der Waals surface area contributed by atoms with Gasteiger partial charge in [-0.15, -0.1) is 0 Å². The molecule has 2 N–H and O–H groups in total. The van der Waals surface area contributed by atoms with Crippen molar-refractivity contribution < 1.29 is 4.79 Å². The maximum Gasteiger partial charge on any atom is 0.220 e. The molecule has 1 saturated heterocycles. The Hall–Kier alpha value is -2.11. The van der Waals surface area contributed by atoms with Crippen LogP contribution in [-0.4, -0.2) is 33.1 Å². The first kappa shape index (κ1) is 12.9. The fraction of sp³-hybridized carbons (Fsp3) is 0.500. The monoisotopic (exact) mass is 273 g/mol. The second kappa shape index (κ2) is 5.11. The predicted octanol–water partition coefficient (Wildman–Crippen LogP) is 1.54. The van der Waals surface area contributed by atoms with Crippen LogP contribution in [0.1, 0.15) is 38.3 Å². The van der Waals surface area contributed by atoms with Gasteiger partial charge in [0.05, 0.1) is 5.69 Å². The number of amides is 1. The van der Waals surface area contributed by atoms with E-state index < -0.39 is 0 Å². The third-order valence-electron chi connectivity index (χ3n) is 3.60. The van der Waals surface area contributed by atoms with Crippen LogP contribution in [0.5, 0.6) is 0 Å². The Bertz CT molecular complexity index is 634. The van der Waals surface area contributed by atoms with Crippen LogP contribution in [-0.2, 0) is 4.79 Å². The van der Waals surface area contributed by atoms with E-state index in [2.05, 4.69) is 40.6 Å². The van der Waals surface area contributed by atoms with Crippen LogP contribution in [0.4, 0.5) is 5.82 Å². The Kier molecular flexibility index (Phi) is 3.30. The minimum Gasteiger partial charge on any atom is -0.366 e. The summed E-state index contributed by atoms with van der Waals surface area (Å²) in [6, 6.07) is 2.25. The molecule has 3 rings (SSSR count). The van der Waals surface area contributed by atoms with E-state index in [9.17, 15) is 4.79 Å². The van der Waals surface area contributed by atoms with Crippen molar-refractivity contribution in [3.05, 3.63) is 24.2 Å². The molecule has 1 aliphatic rings. The van der Waals surface area contributed by atoms with Crippen molar-refractivity contribution in [3.8, 4) is 0 Å². The van der Waals surface area contributed by atoms with Crippen molar-refractivity contribution in [2.75, 3.05) is 11.9 Å². The molecule has 1 aliphatic heterocycles. The standard InChI is InChI=1S/C14H19N5O/c1-9(2)11-7-12-14(15-5-6-19(12)18-11)16-8-10-3-4-13(20)17-10/h5-7,9-10H,3-4,8H2,1-2H3,(H,15,16)(H,17,20). The zero-order valence-corrected chi connectivity index (χ0v) is 11.8. The number of aromatic nitrogens is 3. The molecule has 0 radical (unpaired) electrons. The molecule has 1 unspecified atom stereocenters. The highest BCUT2D eigenvalue weighted by Crippen LogP contribution is 2.20. The van der Waals surface area contributed by atoms with E-state index in [0.717, 1.165) is 23.4 Å². The first-order chi connectivity index (χ1) is 9.63. The Morgan fingerprint density at radius 1 is 1.55 bits per heavy atom. The zero-order chi connectivity index (χ0) is 14.1. The van der Waals surface area contributed by atoms with Crippen molar-refractivity contribution in [1.29, 1.82) is 0 Å². The van der Waals surface area contributed by atoms with Gasteiger partial charge >= 0.3 is 0 Å². The predicted molar refractivity (Wildman–Crippen MR) is 76.7 cm³/mol. The second-order valence-corrected chi connectivity index (χ2v) is 5.51. The van der Waals surface area contributed by atoms with Gasteiger partial charge in [0.2, 0.25) is 5.91 Å². The van der Waals surface area contributed by atoms with Gasteiger partial charge in [-0.3, -0.25) is 4.79 Å². The Balaban J connectivity index is 1.78. The van der Waals surface area contributed by atoms with Crippen molar-refractivity contribution in [2.45, 2.75) is 38.6 Å². The smallest absolute Gasteiger partial charge is 0.220 e. The van der Waals surface area contributed by atoms with Crippen LogP contribution in [0, 0.1) is 0 Å². The average Bonchev–Trinajstić information content (AvgIpc) is 3.02. The van der Waals surface area contributed by atoms with Crippen LogP contribution in [0.2, 0.25) is 0 Å². The number of nitrogens with zero attached hydrogens (tertiary/aromatic N) is 3. The number of rotatable bonds is 4. The van der Waals surface area contributed by atoms with E-state index in [-0.39, 0.29) is 11.9 Å². The fourth-order valence-corrected chi connectivity index (χ4v) is 2.41. The largest absolute Gasteiger partial charge is 0.366 e. The molecule has 3 heterocycles. The fourth-order valence-electron chi connectivity index (χ4n) is 2.41. The number of anilines is 1. The molecule has 0 spiro atoms. The minimum absolute atomic E-state index is 0.134. The summed E-state index contributed by atoms with van der Waals surface area (Å²) in [5.41, 5.74) is 2.02. The quantitative estimate of drug-likeness (QED) is 0.886. The van der Waals surface area contributed by atoms with E-state index in [0.29, 0.717) is 18.9 Å². The minimum atomic E-state index is 0.134. The first-order valence-corrected chi connectivity index (χ1v) is 7.01. The van der Waals surface area contributed by atoms with Crippen LogP contribution in [0.3, 0.4) is 0 Å².